The van der Waals surface area contributed by atoms with Crippen LogP contribution in [0.3, 0.4) is 0 Å². The molecule has 0 saturated heterocycles. The van der Waals surface area contributed by atoms with Crippen LogP contribution >= 0.6 is 11.3 Å². The van der Waals surface area contributed by atoms with E-state index in [1.165, 1.54) is 11.8 Å². The molecule has 0 radical (unpaired) electrons. The van der Waals surface area contributed by atoms with E-state index in [0.717, 1.165) is 16.3 Å². The molecule has 0 saturated carbocycles. The molecule has 162 valence electrons. The molecule has 32 heavy (non-hydrogen) atoms. The summed E-state index contributed by atoms with van der Waals surface area (Å²) < 4.78 is 5.06. The zero-order valence-corrected chi connectivity index (χ0v) is 18.2. The number of thiazole rings is 1. The van der Waals surface area contributed by atoms with Crippen molar-refractivity contribution in [3.05, 3.63) is 89.3 Å². The highest BCUT2D eigenvalue weighted by Crippen LogP contribution is 2.24. The molecule has 0 bridgehead atoms. The summed E-state index contributed by atoms with van der Waals surface area (Å²) in [5.41, 5.74) is 4.48. The van der Waals surface area contributed by atoms with Crippen LogP contribution in [-0.2, 0) is 6.42 Å². The standard InChI is InChI=1S/C24H22N4O3S/c1-16-4-6-17(7-5-16)23-27-20(15-32-23)12-13-25-24(30)28-19-10-8-18(9-11-19)26-22(29)21-3-2-14-31-21/h2-11,14-15H,12-13H2,1H3,(H,26,29)(H2,25,28,30). The molecular weight excluding hydrogens is 424 g/mol. The quantitative estimate of drug-likeness (QED) is 0.358. The van der Waals surface area contributed by atoms with Crippen molar-refractivity contribution in [2.45, 2.75) is 13.3 Å². The van der Waals surface area contributed by atoms with Crippen LogP contribution in [-0.4, -0.2) is 23.5 Å². The van der Waals surface area contributed by atoms with Crippen LogP contribution in [0.1, 0.15) is 21.8 Å². The Balaban J connectivity index is 1.22. The largest absolute Gasteiger partial charge is 0.459 e. The Kier molecular flexibility index (Phi) is 6.62. The molecule has 3 amide bonds. The number of carbonyl (C=O) groups is 2. The van der Waals surface area contributed by atoms with E-state index >= 15 is 0 Å². The number of urea groups is 1. The highest BCUT2D eigenvalue weighted by molar-refractivity contribution is 7.13. The van der Waals surface area contributed by atoms with E-state index in [9.17, 15) is 9.59 Å². The van der Waals surface area contributed by atoms with Gasteiger partial charge in [0.1, 0.15) is 5.01 Å². The second-order valence-electron chi connectivity index (χ2n) is 7.15. The van der Waals surface area contributed by atoms with Crippen molar-refractivity contribution >= 4 is 34.6 Å². The van der Waals surface area contributed by atoms with E-state index in [1.54, 1.807) is 47.7 Å². The molecule has 4 aromatic rings. The first-order chi connectivity index (χ1) is 15.6. The van der Waals surface area contributed by atoms with Gasteiger partial charge in [-0.15, -0.1) is 11.3 Å². The Bertz CT molecular complexity index is 1180. The molecule has 2 heterocycles. The number of hydrogen-bond acceptors (Lipinski definition) is 5. The third-order valence-corrected chi connectivity index (χ3v) is 5.60. The summed E-state index contributed by atoms with van der Waals surface area (Å²) in [5, 5.41) is 11.3. The molecule has 0 unspecified atom stereocenters. The second kappa shape index (κ2) is 9.93. The van der Waals surface area contributed by atoms with Gasteiger partial charge in [0, 0.05) is 35.3 Å². The van der Waals surface area contributed by atoms with Crippen LogP contribution in [0.15, 0.2) is 76.7 Å². The van der Waals surface area contributed by atoms with Gasteiger partial charge in [0.05, 0.1) is 12.0 Å². The van der Waals surface area contributed by atoms with Crippen molar-refractivity contribution in [3.63, 3.8) is 0 Å². The molecule has 0 spiro atoms. The molecule has 0 atom stereocenters. The van der Waals surface area contributed by atoms with Gasteiger partial charge in [-0.2, -0.15) is 0 Å². The molecule has 0 aliphatic carbocycles. The molecule has 3 N–H and O–H groups in total. The van der Waals surface area contributed by atoms with Gasteiger partial charge in [-0.05, 0) is 43.3 Å². The summed E-state index contributed by atoms with van der Waals surface area (Å²) in [6, 6.07) is 18.1. The molecule has 2 aromatic heterocycles. The minimum atomic E-state index is -0.332. The number of carbonyl (C=O) groups excluding carboxylic acids is 2. The topological polar surface area (TPSA) is 96.3 Å². The Morgan fingerprint density at radius 2 is 1.69 bits per heavy atom. The Morgan fingerprint density at radius 1 is 0.969 bits per heavy atom. The Morgan fingerprint density at radius 3 is 2.38 bits per heavy atom. The molecule has 0 aliphatic rings. The molecule has 2 aromatic carbocycles. The zero-order valence-electron chi connectivity index (χ0n) is 17.4. The molecule has 0 aliphatic heterocycles. The second-order valence-corrected chi connectivity index (χ2v) is 8.01. The van der Waals surface area contributed by atoms with Gasteiger partial charge < -0.3 is 20.4 Å². The van der Waals surface area contributed by atoms with Crippen molar-refractivity contribution in [2.24, 2.45) is 0 Å². The monoisotopic (exact) mass is 446 g/mol. The fourth-order valence-corrected chi connectivity index (χ4v) is 3.83. The maximum atomic E-state index is 12.2. The summed E-state index contributed by atoms with van der Waals surface area (Å²) in [6.07, 6.45) is 2.09. The van der Waals surface area contributed by atoms with E-state index in [1.807, 2.05) is 5.38 Å². The predicted octanol–water partition coefficient (Wildman–Crippen LogP) is 5.33. The highest BCUT2D eigenvalue weighted by atomic mass is 32.1. The van der Waals surface area contributed by atoms with E-state index < -0.39 is 0 Å². The summed E-state index contributed by atoms with van der Waals surface area (Å²) in [7, 11) is 0. The van der Waals surface area contributed by atoms with Crippen LogP contribution in [0.5, 0.6) is 0 Å². The Labute approximate surface area is 189 Å². The molecule has 7 nitrogen and oxygen atoms in total. The normalized spacial score (nSPS) is 10.5. The minimum absolute atomic E-state index is 0.234. The van der Waals surface area contributed by atoms with Crippen molar-refractivity contribution in [1.29, 1.82) is 0 Å². The SMILES string of the molecule is Cc1ccc(-c2nc(CCNC(=O)Nc3ccc(NC(=O)c4ccco4)cc3)cs2)cc1. The number of benzene rings is 2. The van der Waals surface area contributed by atoms with Crippen molar-refractivity contribution in [3.8, 4) is 10.6 Å². The number of aryl methyl sites for hydroxylation is 1. The van der Waals surface area contributed by atoms with E-state index in [2.05, 4.69) is 52.1 Å². The zero-order chi connectivity index (χ0) is 22.3. The van der Waals surface area contributed by atoms with Crippen molar-refractivity contribution < 1.29 is 14.0 Å². The molecule has 8 heteroatoms. The van der Waals surface area contributed by atoms with Crippen LogP contribution < -0.4 is 16.0 Å². The lowest BCUT2D eigenvalue weighted by Gasteiger charge is -2.08. The predicted molar refractivity (Wildman–Crippen MR) is 126 cm³/mol. The van der Waals surface area contributed by atoms with Gasteiger partial charge in [-0.1, -0.05) is 29.8 Å². The summed E-state index contributed by atoms with van der Waals surface area (Å²) in [5.74, 6) is -0.0984. The number of amides is 3. The maximum absolute atomic E-state index is 12.2. The fourth-order valence-electron chi connectivity index (χ4n) is 2.97. The molecule has 4 rings (SSSR count). The average Bonchev–Trinajstić information content (AvgIpc) is 3.48. The molecular formula is C24H22N4O3S. The smallest absolute Gasteiger partial charge is 0.319 e. The minimum Gasteiger partial charge on any atom is -0.459 e. The fraction of sp³-hybridized carbons (Fsp3) is 0.125. The van der Waals surface area contributed by atoms with E-state index in [-0.39, 0.29) is 17.7 Å². The first-order valence-electron chi connectivity index (χ1n) is 10.1. The first-order valence-corrected chi connectivity index (χ1v) is 11.0. The van der Waals surface area contributed by atoms with Crippen LogP contribution in [0.25, 0.3) is 10.6 Å². The van der Waals surface area contributed by atoms with Gasteiger partial charge in [0.25, 0.3) is 5.91 Å². The van der Waals surface area contributed by atoms with Crippen LogP contribution in [0.2, 0.25) is 0 Å². The lowest BCUT2D eigenvalue weighted by atomic mass is 10.2. The van der Waals surface area contributed by atoms with Crippen LogP contribution in [0, 0.1) is 6.92 Å². The maximum Gasteiger partial charge on any atom is 0.319 e. The first kappa shape index (κ1) is 21.3. The number of furan rings is 1. The number of nitrogens with zero attached hydrogens (tertiary/aromatic N) is 1. The van der Waals surface area contributed by atoms with Gasteiger partial charge in [0.15, 0.2) is 5.76 Å². The third-order valence-electron chi connectivity index (χ3n) is 4.66. The van der Waals surface area contributed by atoms with E-state index in [4.69, 9.17) is 4.42 Å². The third kappa shape index (κ3) is 5.61. The van der Waals surface area contributed by atoms with Gasteiger partial charge in [-0.3, -0.25) is 4.79 Å². The highest BCUT2D eigenvalue weighted by Gasteiger charge is 2.09. The number of anilines is 2. The molecule has 0 fully saturated rings. The van der Waals surface area contributed by atoms with Gasteiger partial charge in [0.2, 0.25) is 0 Å². The lowest BCUT2D eigenvalue weighted by Crippen LogP contribution is -2.30. The summed E-state index contributed by atoms with van der Waals surface area (Å²) in [4.78, 5) is 28.8. The summed E-state index contributed by atoms with van der Waals surface area (Å²) in [6.45, 7) is 2.53. The number of nitrogens with one attached hydrogen (secondary N) is 3. The number of rotatable bonds is 7. The summed E-state index contributed by atoms with van der Waals surface area (Å²) >= 11 is 1.60. The van der Waals surface area contributed by atoms with Crippen LogP contribution in [0.4, 0.5) is 16.2 Å². The lowest BCUT2D eigenvalue weighted by molar-refractivity contribution is 0.0996. The van der Waals surface area contributed by atoms with Crippen molar-refractivity contribution in [2.75, 3.05) is 17.2 Å². The van der Waals surface area contributed by atoms with Gasteiger partial charge in [-0.25, -0.2) is 9.78 Å². The Hall–Kier alpha value is -3.91. The van der Waals surface area contributed by atoms with Gasteiger partial charge >= 0.3 is 6.03 Å². The number of aromatic nitrogens is 1. The number of hydrogen-bond donors (Lipinski definition) is 3. The average molecular weight is 447 g/mol. The van der Waals surface area contributed by atoms with E-state index in [0.29, 0.717) is 24.3 Å². The van der Waals surface area contributed by atoms with Crippen molar-refractivity contribution in [1.82, 2.24) is 10.3 Å².